The number of piperidine rings is 1. The van der Waals surface area contributed by atoms with Gasteiger partial charge < -0.3 is 14.8 Å². The average molecular weight is 215 g/mol. The lowest BCUT2D eigenvalue weighted by molar-refractivity contribution is -0.149. The Hall–Kier alpha value is -0.610. The van der Waals surface area contributed by atoms with Gasteiger partial charge in [0.2, 0.25) is 0 Å². The van der Waals surface area contributed by atoms with E-state index in [-0.39, 0.29) is 12.1 Å². The standard InChI is InChI=1S/C11H21NO3/c1-9(2)15-11(13)5-8-14-10-3-6-12-7-4-10/h9-10,12H,3-8H2,1-2H3. The second kappa shape index (κ2) is 6.80. The van der Waals surface area contributed by atoms with Crippen LogP contribution in [0.2, 0.25) is 0 Å². The lowest BCUT2D eigenvalue weighted by Gasteiger charge is -2.22. The molecule has 15 heavy (non-hydrogen) atoms. The summed E-state index contributed by atoms with van der Waals surface area (Å²) in [5, 5.41) is 3.27. The maximum atomic E-state index is 11.2. The number of carbonyl (C=O) groups excluding carboxylic acids is 1. The smallest absolute Gasteiger partial charge is 0.308 e. The number of nitrogens with one attached hydrogen (secondary N) is 1. The highest BCUT2D eigenvalue weighted by Gasteiger charge is 2.14. The molecule has 1 rings (SSSR count). The number of hydrogen-bond donors (Lipinski definition) is 1. The summed E-state index contributed by atoms with van der Waals surface area (Å²) in [5.41, 5.74) is 0. The molecule has 88 valence electrons. The Labute approximate surface area is 91.3 Å². The summed E-state index contributed by atoms with van der Waals surface area (Å²) in [7, 11) is 0. The minimum atomic E-state index is -0.168. The van der Waals surface area contributed by atoms with Crippen LogP contribution in [0.5, 0.6) is 0 Å². The third kappa shape index (κ3) is 5.74. The van der Waals surface area contributed by atoms with Gasteiger partial charge in [0, 0.05) is 0 Å². The van der Waals surface area contributed by atoms with Gasteiger partial charge in [0.25, 0.3) is 0 Å². The average Bonchev–Trinajstić information content (AvgIpc) is 2.18. The van der Waals surface area contributed by atoms with Crippen LogP contribution in [-0.4, -0.2) is 37.9 Å². The third-order valence-corrected chi connectivity index (χ3v) is 2.31. The number of carbonyl (C=O) groups is 1. The number of rotatable bonds is 5. The van der Waals surface area contributed by atoms with Crippen LogP contribution < -0.4 is 5.32 Å². The van der Waals surface area contributed by atoms with Crippen molar-refractivity contribution < 1.29 is 14.3 Å². The van der Waals surface area contributed by atoms with Crippen LogP contribution >= 0.6 is 0 Å². The second-order valence-electron chi connectivity index (χ2n) is 4.11. The number of ether oxygens (including phenoxy) is 2. The molecule has 0 radical (unpaired) electrons. The summed E-state index contributed by atoms with van der Waals surface area (Å²) < 4.78 is 10.6. The van der Waals surface area contributed by atoms with Crippen molar-refractivity contribution >= 4 is 5.97 Å². The fourth-order valence-electron chi connectivity index (χ4n) is 1.59. The first kappa shape index (κ1) is 12.5. The van der Waals surface area contributed by atoms with E-state index in [0.717, 1.165) is 25.9 Å². The monoisotopic (exact) mass is 215 g/mol. The topological polar surface area (TPSA) is 47.6 Å². The van der Waals surface area contributed by atoms with Crippen LogP contribution in [0, 0.1) is 0 Å². The fraction of sp³-hybridized carbons (Fsp3) is 0.909. The Morgan fingerprint density at radius 3 is 2.67 bits per heavy atom. The molecule has 0 aromatic heterocycles. The van der Waals surface area contributed by atoms with Gasteiger partial charge in [-0.25, -0.2) is 0 Å². The zero-order valence-corrected chi connectivity index (χ0v) is 9.62. The van der Waals surface area contributed by atoms with E-state index >= 15 is 0 Å². The van der Waals surface area contributed by atoms with Crippen molar-refractivity contribution in [2.45, 2.75) is 45.3 Å². The Kier molecular flexibility index (Phi) is 5.65. The van der Waals surface area contributed by atoms with Crippen molar-refractivity contribution in [2.24, 2.45) is 0 Å². The Morgan fingerprint density at radius 2 is 2.07 bits per heavy atom. The van der Waals surface area contributed by atoms with E-state index in [9.17, 15) is 4.79 Å². The van der Waals surface area contributed by atoms with E-state index in [0.29, 0.717) is 19.1 Å². The van der Waals surface area contributed by atoms with E-state index in [1.807, 2.05) is 13.8 Å². The molecular formula is C11H21NO3. The van der Waals surface area contributed by atoms with Crippen molar-refractivity contribution in [3.63, 3.8) is 0 Å². The molecule has 0 bridgehead atoms. The molecule has 1 fully saturated rings. The van der Waals surface area contributed by atoms with Gasteiger partial charge in [-0.2, -0.15) is 0 Å². The summed E-state index contributed by atoms with van der Waals surface area (Å²) in [6.45, 7) is 6.22. The molecule has 0 aromatic carbocycles. The molecule has 0 spiro atoms. The molecule has 0 aliphatic carbocycles. The van der Waals surface area contributed by atoms with Gasteiger partial charge in [0.15, 0.2) is 0 Å². The van der Waals surface area contributed by atoms with Gasteiger partial charge in [0.1, 0.15) is 0 Å². The lowest BCUT2D eigenvalue weighted by Crippen LogP contribution is -2.32. The predicted molar refractivity (Wildman–Crippen MR) is 57.7 cm³/mol. The molecule has 0 amide bonds. The first-order valence-electron chi connectivity index (χ1n) is 5.70. The zero-order valence-electron chi connectivity index (χ0n) is 9.62. The fourth-order valence-corrected chi connectivity index (χ4v) is 1.59. The largest absolute Gasteiger partial charge is 0.463 e. The maximum absolute atomic E-state index is 11.2. The molecule has 1 aliphatic heterocycles. The van der Waals surface area contributed by atoms with Crippen LogP contribution in [0.1, 0.15) is 33.1 Å². The number of esters is 1. The van der Waals surface area contributed by atoms with Gasteiger partial charge >= 0.3 is 5.97 Å². The van der Waals surface area contributed by atoms with Crippen LogP contribution in [0.4, 0.5) is 0 Å². The van der Waals surface area contributed by atoms with Crippen LogP contribution in [0.3, 0.4) is 0 Å². The van der Waals surface area contributed by atoms with Crippen LogP contribution in [-0.2, 0) is 14.3 Å². The highest BCUT2D eigenvalue weighted by molar-refractivity contribution is 5.69. The molecule has 1 aliphatic rings. The molecule has 1 N–H and O–H groups in total. The normalized spacial score (nSPS) is 18.1. The van der Waals surface area contributed by atoms with Gasteiger partial charge in [-0.3, -0.25) is 4.79 Å². The van der Waals surface area contributed by atoms with Crippen molar-refractivity contribution in [3.8, 4) is 0 Å². The van der Waals surface area contributed by atoms with E-state index in [2.05, 4.69) is 5.32 Å². The molecule has 4 nitrogen and oxygen atoms in total. The molecule has 4 heteroatoms. The van der Waals surface area contributed by atoms with Crippen molar-refractivity contribution in [3.05, 3.63) is 0 Å². The maximum Gasteiger partial charge on any atom is 0.308 e. The summed E-state index contributed by atoms with van der Waals surface area (Å²) in [6.07, 6.45) is 2.73. The van der Waals surface area contributed by atoms with Gasteiger partial charge in [-0.15, -0.1) is 0 Å². The first-order chi connectivity index (χ1) is 7.18. The molecule has 0 saturated carbocycles. The zero-order chi connectivity index (χ0) is 11.1. The summed E-state index contributed by atoms with van der Waals surface area (Å²) in [5.74, 6) is -0.168. The summed E-state index contributed by atoms with van der Waals surface area (Å²) >= 11 is 0. The summed E-state index contributed by atoms with van der Waals surface area (Å²) in [4.78, 5) is 11.2. The molecule has 1 saturated heterocycles. The molecule has 0 atom stereocenters. The Balaban J connectivity index is 2.02. The van der Waals surface area contributed by atoms with Gasteiger partial charge in [0.05, 0.1) is 25.2 Å². The highest BCUT2D eigenvalue weighted by atomic mass is 16.5. The minimum absolute atomic E-state index is 0.0311. The van der Waals surface area contributed by atoms with Crippen molar-refractivity contribution in [2.75, 3.05) is 19.7 Å². The van der Waals surface area contributed by atoms with E-state index in [4.69, 9.17) is 9.47 Å². The summed E-state index contributed by atoms with van der Waals surface area (Å²) in [6, 6.07) is 0. The predicted octanol–water partition coefficient (Wildman–Crippen LogP) is 1.10. The number of hydrogen-bond acceptors (Lipinski definition) is 4. The van der Waals surface area contributed by atoms with E-state index < -0.39 is 0 Å². The Morgan fingerprint density at radius 1 is 1.40 bits per heavy atom. The van der Waals surface area contributed by atoms with Gasteiger partial charge in [-0.1, -0.05) is 0 Å². The van der Waals surface area contributed by atoms with Crippen LogP contribution in [0.25, 0.3) is 0 Å². The van der Waals surface area contributed by atoms with Crippen molar-refractivity contribution in [1.29, 1.82) is 0 Å². The molecule has 1 heterocycles. The van der Waals surface area contributed by atoms with Crippen LogP contribution in [0.15, 0.2) is 0 Å². The SMILES string of the molecule is CC(C)OC(=O)CCOC1CCNCC1. The van der Waals surface area contributed by atoms with E-state index in [1.54, 1.807) is 0 Å². The third-order valence-electron chi connectivity index (χ3n) is 2.31. The minimum Gasteiger partial charge on any atom is -0.463 e. The quantitative estimate of drug-likeness (QED) is 0.698. The first-order valence-corrected chi connectivity index (χ1v) is 5.70. The lowest BCUT2D eigenvalue weighted by atomic mass is 10.1. The van der Waals surface area contributed by atoms with Gasteiger partial charge in [-0.05, 0) is 39.8 Å². The second-order valence-corrected chi connectivity index (χ2v) is 4.11. The molecule has 0 unspecified atom stereocenters. The van der Waals surface area contributed by atoms with Crippen molar-refractivity contribution in [1.82, 2.24) is 5.32 Å². The molecule has 0 aromatic rings. The Bertz CT molecular complexity index is 188. The van der Waals surface area contributed by atoms with E-state index in [1.165, 1.54) is 0 Å². The highest BCUT2D eigenvalue weighted by Crippen LogP contribution is 2.07. The molecular weight excluding hydrogens is 194 g/mol.